The molecular weight excluding hydrogens is 1120 g/mol. The van der Waals surface area contributed by atoms with Crippen LogP contribution in [0, 0.1) is 17.8 Å². The Morgan fingerprint density at radius 1 is 0.679 bits per heavy atom. The molecule has 2 aromatic rings. The third-order valence-electron chi connectivity index (χ3n) is 15.3. The Morgan fingerprint density at radius 2 is 1.20 bits per heavy atom. The molecule has 7 atom stereocenters. The van der Waals surface area contributed by atoms with E-state index in [4.69, 9.17) is 33.4 Å². The highest BCUT2D eigenvalue weighted by Crippen LogP contribution is 2.57. The van der Waals surface area contributed by atoms with Gasteiger partial charge in [0, 0.05) is 42.9 Å². The highest BCUT2D eigenvalue weighted by molar-refractivity contribution is 8.77. The van der Waals surface area contributed by atoms with Gasteiger partial charge in [-0.05, 0) is 99.3 Å². The SMILES string of the molecule is CCOc1ccc(C[C@@H]2NC(=O)CC(C3CCCC3)(C3CCCC3)SSC[C@@H](C(=O)N[C@@H](CCCN=C(N)N)C(=O)N[C@@H](CCCN=C(N)N)C(=O)O)NC(=O)[C@H](CC(N)=O)NC(=O)[C@H](C(C)C)NC(=O)[C@H](Cc3ccccc3)NC2=O)cc1. The maximum atomic E-state index is 15.1. The fourth-order valence-corrected chi connectivity index (χ4v) is 14.8. The van der Waals surface area contributed by atoms with Crippen LogP contribution in [0.25, 0.3) is 0 Å². The molecule has 18 N–H and O–H groups in total. The Bertz CT molecular complexity index is 2600. The molecule has 0 spiro atoms. The van der Waals surface area contributed by atoms with Gasteiger partial charge in [-0.25, -0.2) is 4.79 Å². The van der Waals surface area contributed by atoms with Gasteiger partial charge in [0.2, 0.25) is 47.3 Å². The molecule has 3 aliphatic rings. The number of nitrogens with one attached hydrogen (secondary N) is 7. The minimum atomic E-state index is -1.70. The molecule has 1 heterocycles. The van der Waals surface area contributed by atoms with E-state index >= 15 is 4.79 Å². The van der Waals surface area contributed by atoms with Gasteiger partial charge in [-0.2, -0.15) is 0 Å². The first-order chi connectivity index (χ1) is 40.1. The van der Waals surface area contributed by atoms with Crippen LogP contribution in [0.3, 0.4) is 0 Å². The fourth-order valence-electron chi connectivity index (χ4n) is 11.0. The summed E-state index contributed by atoms with van der Waals surface area (Å²) in [5.41, 5.74) is 29.1. The molecule has 2 saturated carbocycles. The summed E-state index contributed by atoms with van der Waals surface area (Å²) in [6.45, 7) is 5.68. The van der Waals surface area contributed by atoms with E-state index < -0.39 is 113 Å². The number of ether oxygens (including phenoxy) is 1. The van der Waals surface area contributed by atoms with E-state index in [9.17, 15) is 43.5 Å². The van der Waals surface area contributed by atoms with E-state index in [1.807, 2.05) is 6.92 Å². The third kappa shape index (κ3) is 21.4. The number of hydrogen-bond donors (Lipinski definition) is 13. The molecule has 1 aliphatic heterocycles. The molecule has 462 valence electrons. The summed E-state index contributed by atoms with van der Waals surface area (Å²) in [6.07, 6.45) is 6.22. The zero-order chi connectivity index (χ0) is 61.3. The zero-order valence-electron chi connectivity index (χ0n) is 48.2. The van der Waals surface area contributed by atoms with Crippen molar-refractivity contribution in [1.82, 2.24) is 37.2 Å². The van der Waals surface area contributed by atoms with Crippen LogP contribution in [0.15, 0.2) is 64.6 Å². The molecule has 5 rings (SSSR count). The van der Waals surface area contributed by atoms with Crippen molar-refractivity contribution < 1.29 is 53.0 Å². The minimum absolute atomic E-state index is 0.0184. The fraction of sp³-hybridized carbons (Fsp3) is 0.596. The third-order valence-corrected chi connectivity index (χ3v) is 18.7. The number of nitrogens with two attached hydrogens (primary N) is 5. The van der Waals surface area contributed by atoms with Gasteiger partial charge in [0.1, 0.15) is 48.0 Å². The first-order valence-corrected chi connectivity index (χ1v) is 31.2. The molecule has 25 nitrogen and oxygen atoms in total. The monoisotopic (exact) mass is 1210 g/mol. The van der Waals surface area contributed by atoms with Crippen LogP contribution in [0.5, 0.6) is 5.75 Å². The predicted octanol–water partition coefficient (Wildman–Crippen LogP) is 0.892. The topological polar surface area (TPSA) is 422 Å². The number of rotatable bonds is 24. The van der Waals surface area contributed by atoms with E-state index in [1.54, 1.807) is 68.4 Å². The second-order valence-electron chi connectivity index (χ2n) is 22.0. The van der Waals surface area contributed by atoms with Gasteiger partial charge in [0.15, 0.2) is 11.9 Å². The Balaban J connectivity index is 1.61. The predicted molar refractivity (Wildman–Crippen MR) is 322 cm³/mol. The van der Waals surface area contributed by atoms with Crippen molar-refractivity contribution in [2.75, 3.05) is 25.4 Å². The Labute approximate surface area is 498 Å². The highest BCUT2D eigenvalue weighted by Gasteiger charge is 2.50. The summed E-state index contributed by atoms with van der Waals surface area (Å²) in [6, 6.07) is 6.14. The van der Waals surface area contributed by atoms with Gasteiger partial charge >= 0.3 is 5.97 Å². The molecule has 2 aliphatic carbocycles. The van der Waals surface area contributed by atoms with E-state index in [0.717, 1.165) is 51.4 Å². The zero-order valence-corrected chi connectivity index (χ0v) is 49.9. The lowest BCUT2D eigenvalue weighted by molar-refractivity contribution is -0.142. The number of aliphatic carboxylic acids is 1. The summed E-state index contributed by atoms with van der Waals surface area (Å²) in [5, 5.41) is 29.4. The van der Waals surface area contributed by atoms with Crippen molar-refractivity contribution in [1.29, 1.82) is 0 Å². The normalized spacial score (nSPS) is 22.1. The average Bonchev–Trinajstić information content (AvgIpc) is 2.31. The Hall–Kier alpha value is -7.29. The quantitative estimate of drug-likeness (QED) is 0.0300. The van der Waals surface area contributed by atoms with Gasteiger partial charge in [0.25, 0.3) is 0 Å². The van der Waals surface area contributed by atoms with Gasteiger partial charge in [0.05, 0.1) is 13.0 Å². The Morgan fingerprint density at radius 3 is 1.74 bits per heavy atom. The summed E-state index contributed by atoms with van der Waals surface area (Å²) in [4.78, 5) is 136. The molecule has 84 heavy (non-hydrogen) atoms. The molecule has 27 heteroatoms. The van der Waals surface area contributed by atoms with Gasteiger partial charge in [-0.1, -0.05) is 104 Å². The molecule has 0 radical (unpaired) electrons. The molecule has 0 aromatic heterocycles. The summed E-state index contributed by atoms with van der Waals surface area (Å²) >= 11 is 0. The van der Waals surface area contributed by atoms with Crippen molar-refractivity contribution in [3.05, 3.63) is 65.7 Å². The van der Waals surface area contributed by atoms with Crippen LogP contribution in [-0.2, 0) is 56.0 Å². The molecule has 0 unspecified atom stereocenters. The van der Waals surface area contributed by atoms with Crippen LogP contribution < -0.4 is 70.6 Å². The largest absolute Gasteiger partial charge is 0.494 e. The van der Waals surface area contributed by atoms with Gasteiger partial charge < -0.3 is 75.7 Å². The number of carbonyl (C=O) groups is 9. The van der Waals surface area contributed by atoms with E-state index in [0.29, 0.717) is 23.5 Å². The smallest absolute Gasteiger partial charge is 0.326 e. The number of primary amides is 1. The molecule has 3 fully saturated rings. The number of carboxylic acid groups (broad SMARTS) is 1. The molecule has 2 aromatic carbocycles. The second-order valence-corrected chi connectivity index (χ2v) is 24.7. The number of carbonyl (C=O) groups excluding carboxylic acids is 8. The van der Waals surface area contributed by atoms with Crippen molar-refractivity contribution in [3.8, 4) is 5.75 Å². The van der Waals surface area contributed by atoms with E-state index in [1.165, 1.54) is 21.6 Å². The van der Waals surface area contributed by atoms with Crippen molar-refractivity contribution in [2.24, 2.45) is 56.4 Å². The van der Waals surface area contributed by atoms with Crippen LogP contribution in [0.2, 0.25) is 0 Å². The average molecular weight is 1210 g/mol. The number of hydrogen-bond acceptors (Lipinski definition) is 14. The lowest BCUT2D eigenvalue weighted by Gasteiger charge is -2.43. The molecule has 8 amide bonds. The van der Waals surface area contributed by atoms with Crippen molar-refractivity contribution in [2.45, 2.75) is 171 Å². The summed E-state index contributed by atoms with van der Waals surface area (Å²) in [7, 11) is 2.68. The lowest BCUT2D eigenvalue weighted by Crippen LogP contribution is -2.61. The van der Waals surface area contributed by atoms with Crippen LogP contribution in [0.4, 0.5) is 0 Å². The van der Waals surface area contributed by atoms with Crippen LogP contribution in [0.1, 0.15) is 122 Å². The summed E-state index contributed by atoms with van der Waals surface area (Å²) in [5.74, 6) is -8.48. The maximum absolute atomic E-state index is 15.1. The maximum Gasteiger partial charge on any atom is 0.326 e. The van der Waals surface area contributed by atoms with Gasteiger partial charge in [-0.3, -0.25) is 48.3 Å². The second kappa shape index (κ2) is 33.9. The number of amides is 8. The number of nitrogens with zero attached hydrogens (tertiary/aromatic N) is 2. The first-order valence-electron chi connectivity index (χ1n) is 28.9. The van der Waals surface area contributed by atoms with Crippen molar-refractivity contribution in [3.63, 3.8) is 0 Å². The number of guanidine groups is 2. The van der Waals surface area contributed by atoms with E-state index in [-0.39, 0.29) is 87.5 Å². The Kier molecular flexibility index (Phi) is 27.2. The van der Waals surface area contributed by atoms with E-state index in [2.05, 4.69) is 47.2 Å². The summed E-state index contributed by atoms with van der Waals surface area (Å²) < 4.78 is 4.92. The van der Waals surface area contributed by atoms with Crippen LogP contribution >= 0.6 is 21.6 Å². The first kappa shape index (κ1) is 67.5. The number of carboxylic acids is 1. The van der Waals surface area contributed by atoms with Crippen molar-refractivity contribution >= 4 is 86.7 Å². The van der Waals surface area contributed by atoms with Crippen LogP contribution in [-0.4, -0.2) is 143 Å². The minimum Gasteiger partial charge on any atom is -0.494 e. The number of aliphatic imine (C=N–C) groups is 2. The number of benzene rings is 2. The highest BCUT2D eigenvalue weighted by atomic mass is 33.1. The van der Waals surface area contributed by atoms with Gasteiger partial charge in [-0.15, -0.1) is 0 Å². The lowest BCUT2D eigenvalue weighted by atomic mass is 9.76. The molecule has 0 bridgehead atoms. The molecule has 1 saturated heterocycles. The standard InChI is InChI=1S/C57H86N14O11S2/c1-4-82-38-24-22-35(23-25-38)29-41-49(75)68-42(28-34-14-6-5-7-15-34)51(77)71-47(33(2)3)53(79)69-43(30-45(58)72)50(76)70-44(32-83-84-57(31-46(73)65-41,36-16-8-9-17-36)37-18-10-11-19-37)52(78)66-39(20-12-26-63-55(59)60)48(74)67-40(54(80)81)21-13-27-64-56(61)62/h5-7,14-15,22-25,33,36-37,39-44,47H,4,8-13,16-21,26-32H2,1-3H3,(H2,58,72)(H,65,73)(H,66,78)(H,67,74)(H,68,75)(H,69,79)(H,70,76)(H,71,77)(H,80,81)(H4,59,60,63)(H4,61,62,64)/t39-,40-,41-,42-,43-,44-,47-/m0/s1. The molecular formula is C57H86N14O11S2.